The Labute approximate surface area is 139 Å². The number of hydrogen-bond acceptors (Lipinski definition) is 5. The maximum Gasteiger partial charge on any atom is 0.339 e. The molecule has 0 fully saturated rings. The number of alkyl halides is 1. The normalized spacial score (nSPS) is 13.4. The third-order valence-electron chi connectivity index (χ3n) is 2.80. The molecule has 120 valence electrons. The molecule has 22 heavy (non-hydrogen) atoms. The summed E-state index contributed by atoms with van der Waals surface area (Å²) in [6, 6.07) is 10.6. The summed E-state index contributed by atoms with van der Waals surface area (Å²) in [5.41, 5.74) is 0.417. The zero-order valence-corrected chi connectivity index (χ0v) is 14.3. The second-order valence-corrected chi connectivity index (χ2v) is 5.60. The summed E-state index contributed by atoms with van der Waals surface area (Å²) in [4.78, 5) is 11.7. The van der Waals surface area contributed by atoms with E-state index >= 15 is 0 Å². The molecule has 5 nitrogen and oxygen atoms in total. The monoisotopic (exact) mass is 369 g/mol. The van der Waals surface area contributed by atoms with Crippen molar-refractivity contribution in [3.63, 3.8) is 0 Å². The van der Waals surface area contributed by atoms with Crippen molar-refractivity contribution in [3.05, 3.63) is 35.9 Å². The van der Waals surface area contributed by atoms with E-state index in [1.807, 2.05) is 26.0 Å². The van der Waals surface area contributed by atoms with E-state index in [1.54, 1.807) is 24.3 Å². The lowest BCUT2D eigenvalue weighted by Gasteiger charge is -2.23. The van der Waals surface area contributed by atoms with Crippen LogP contribution in [0.25, 0.3) is 0 Å². The first-order chi connectivity index (χ1) is 10.6. The van der Waals surface area contributed by atoms with Crippen LogP contribution in [0.15, 0.2) is 30.3 Å². The number of ether oxygens (including phenoxy) is 3. The van der Waals surface area contributed by atoms with Crippen LogP contribution in [0.5, 0.6) is 0 Å². The standard InChI is InChI=1S/C16H20BrNO4/c1-3-20-16(21-4-2)14(17)10-13(11-18)22-15(19)12-8-6-5-7-9-12/h5-9,13-14,16H,3-4,10H2,1-2H3. The summed E-state index contributed by atoms with van der Waals surface area (Å²) in [6.45, 7) is 4.72. The Kier molecular flexibility index (Phi) is 8.75. The number of carbonyl (C=O) groups excluding carboxylic acids is 1. The number of nitriles is 1. The van der Waals surface area contributed by atoms with Crippen molar-refractivity contribution in [1.82, 2.24) is 0 Å². The van der Waals surface area contributed by atoms with Gasteiger partial charge in [0.25, 0.3) is 0 Å². The molecular weight excluding hydrogens is 350 g/mol. The molecule has 0 radical (unpaired) electrons. The second-order valence-electron chi connectivity index (χ2n) is 4.42. The van der Waals surface area contributed by atoms with Gasteiger partial charge in [-0.25, -0.2) is 4.79 Å². The molecule has 0 saturated heterocycles. The van der Waals surface area contributed by atoms with Crippen LogP contribution in [0.1, 0.15) is 30.6 Å². The first kappa shape index (κ1) is 18.6. The molecule has 2 unspecified atom stereocenters. The van der Waals surface area contributed by atoms with Crippen molar-refractivity contribution in [2.45, 2.75) is 37.5 Å². The quantitative estimate of drug-likeness (QED) is 0.379. The first-order valence-electron chi connectivity index (χ1n) is 7.15. The van der Waals surface area contributed by atoms with Gasteiger partial charge in [-0.15, -0.1) is 0 Å². The molecule has 1 aromatic carbocycles. The van der Waals surface area contributed by atoms with E-state index < -0.39 is 18.4 Å². The van der Waals surface area contributed by atoms with Gasteiger partial charge in [-0.1, -0.05) is 34.1 Å². The Balaban J connectivity index is 2.60. The summed E-state index contributed by atoms with van der Waals surface area (Å²) >= 11 is 3.44. The van der Waals surface area contributed by atoms with Gasteiger partial charge in [-0.3, -0.25) is 0 Å². The molecule has 0 bridgehead atoms. The Morgan fingerprint density at radius 3 is 2.32 bits per heavy atom. The lowest BCUT2D eigenvalue weighted by Crippen LogP contribution is -2.32. The Morgan fingerprint density at radius 1 is 1.23 bits per heavy atom. The highest BCUT2D eigenvalue weighted by molar-refractivity contribution is 9.09. The van der Waals surface area contributed by atoms with Crippen molar-refractivity contribution >= 4 is 21.9 Å². The number of hydrogen-bond donors (Lipinski definition) is 0. The van der Waals surface area contributed by atoms with Crippen LogP contribution in [-0.2, 0) is 14.2 Å². The summed E-state index contributed by atoms with van der Waals surface area (Å²) in [7, 11) is 0. The van der Waals surface area contributed by atoms with Crippen molar-refractivity contribution in [3.8, 4) is 6.07 Å². The van der Waals surface area contributed by atoms with E-state index in [4.69, 9.17) is 14.2 Å². The van der Waals surface area contributed by atoms with Gasteiger partial charge in [0.15, 0.2) is 12.4 Å². The molecule has 0 N–H and O–H groups in total. The highest BCUT2D eigenvalue weighted by Crippen LogP contribution is 2.19. The van der Waals surface area contributed by atoms with Crippen molar-refractivity contribution in [2.24, 2.45) is 0 Å². The van der Waals surface area contributed by atoms with Crippen LogP contribution >= 0.6 is 15.9 Å². The van der Waals surface area contributed by atoms with Gasteiger partial charge in [0.05, 0.1) is 10.4 Å². The average molecular weight is 370 g/mol. The van der Waals surface area contributed by atoms with Crippen LogP contribution < -0.4 is 0 Å². The molecule has 0 spiro atoms. The molecule has 0 aliphatic carbocycles. The summed E-state index contributed by atoms with van der Waals surface area (Å²) in [6.07, 6.45) is -1.08. The zero-order chi connectivity index (χ0) is 16.4. The maximum absolute atomic E-state index is 12.0. The SMILES string of the molecule is CCOC(OCC)C(Br)CC(C#N)OC(=O)c1ccccc1. The lowest BCUT2D eigenvalue weighted by atomic mass is 10.2. The third kappa shape index (κ3) is 6.14. The van der Waals surface area contributed by atoms with Gasteiger partial charge in [0, 0.05) is 19.6 Å². The number of nitrogens with zero attached hydrogens (tertiary/aromatic N) is 1. The van der Waals surface area contributed by atoms with Crippen LogP contribution in [0, 0.1) is 11.3 Å². The number of esters is 1. The van der Waals surface area contributed by atoms with Crippen LogP contribution in [-0.4, -0.2) is 36.4 Å². The van der Waals surface area contributed by atoms with E-state index in [9.17, 15) is 10.1 Å². The van der Waals surface area contributed by atoms with E-state index in [0.29, 0.717) is 18.8 Å². The van der Waals surface area contributed by atoms with E-state index in [0.717, 1.165) is 0 Å². The summed E-state index contributed by atoms with van der Waals surface area (Å²) < 4.78 is 16.1. The van der Waals surface area contributed by atoms with Gasteiger partial charge in [0.2, 0.25) is 0 Å². The fourth-order valence-electron chi connectivity index (χ4n) is 1.80. The molecule has 1 rings (SSSR count). The second kappa shape index (κ2) is 10.3. The van der Waals surface area contributed by atoms with Crippen molar-refractivity contribution in [1.29, 1.82) is 5.26 Å². The van der Waals surface area contributed by atoms with Gasteiger partial charge in [0.1, 0.15) is 6.07 Å². The molecule has 1 aromatic rings. The number of benzene rings is 1. The minimum absolute atomic E-state index is 0.249. The number of halogens is 1. The minimum atomic E-state index is -0.875. The first-order valence-corrected chi connectivity index (χ1v) is 8.06. The smallest absolute Gasteiger partial charge is 0.339 e. The molecule has 0 saturated carbocycles. The topological polar surface area (TPSA) is 68.6 Å². The number of carbonyl (C=O) groups is 1. The molecule has 0 amide bonds. The van der Waals surface area contributed by atoms with Gasteiger partial charge >= 0.3 is 5.97 Å². The van der Waals surface area contributed by atoms with Gasteiger partial charge in [-0.2, -0.15) is 5.26 Å². The van der Waals surface area contributed by atoms with Gasteiger partial charge < -0.3 is 14.2 Å². The molecular formula is C16H20BrNO4. The van der Waals surface area contributed by atoms with E-state index in [1.165, 1.54) is 0 Å². The van der Waals surface area contributed by atoms with Crippen LogP contribution in [0.2, 0.25) is 0 Å². The highest BCUT2D eigenvalue weighted by atomic mass is 79.9. The minimum Gasteiger partial charge on any atom is -0.443 e. The maximum atomic E-state index is 12.0. The predicted molar refractivity (Wildman–Crippen MR) is 85.6 cm³/mol. The van der Waals surface area contributed by atoms with Gasteiger partial charge in [-0.05, 0) is 26.0 Å². The predicted octanol–water partition coefficient (Wildman–Crippen LogP) is 3.29. The van der Waals surface area contributed by atoms with Crippen molar-refractivity contribution in [2.75, 3.05) is 13.2 Å². The Bertz CT molecular complexity index is 483. The third-order valence-corrected chi connectivity index (χ3v) is 3.60. The molecule has 0 aliphatic rings. The zero-order valence-electron chi connectivity index (χ0n) is 12.7. The summed E-state index contributed by atoms with van der Waals surface area (Å²) in [5, 5.41) is 9.18. The molecule has 0 heterocycles. The Hall–Kier alpha value is -1.42. The molecule has 6 heteroatoms. The van der Waals surface area contributed by atoms with E-state index in [2.05, 4.69) is 15.9 Å². The fraction of sp³-hybridized carbons (Fsp3) is 0.500. The van der Waals surface area contributed by atoms with E-state index in [-0.39, 0.29) is 11.2 Å². The summed E-state index contributed by atoms with van der Waals surface area (Å²) in [5.74, 6) is -0.517. The molecule has 0 aliphatic heterocycles. The molecule has 2 atom stereocenters. The van der Waals surface area contributed by atoms with Crippen LogP contribution in [0.4, 0.5) is 0 Å². The Morgan fingerprint density at radius 2 is 1.82 bits per heavy atom. The van der Waals surface area contributed by atoms with Crippen LogP contribution in [0.3, 0.4) is 0 Å². The number of rotatable bonds is 9. The lowest BCUT2D eigenvalue weighted by molar-refractivity contribution is -0.137. The fourth-order valence-corrected chi connectivity index (χ4v) is 2.44. The molecule has 0 aromatic heterocycles. The highest BCUT2D eigenvalue weighted by Gasteiger charge is 2.26. The average Bonchev–Trinajstić information content (AvgIpc) is 2.54. The largest absolute Gasteiger partial charge is 0.443 e. The van der Waals surface area contributed by atoms with Crippen molar-refractivity contribution < 1.29 is 19.0 Å².